The smallest absolute Gasteiger partial charge is 0.247 e. The van der Waals surface area contributed by atoms with Crippen LogP contribution in [-0.4, -0.2) is 29.9 Å². The lowest BCUT2D eigenvalue weighted by molar-refractivity contribution is 0.508. The summed E-state index contributed by atoms with van der Waals surface area (Å²) in [5, 5.41) is 17.7. The number of aryl methyl sites for hydroxylation is 1. The van der Waals surface area contributed by atoms with Crippen LogP contribution >= 0.6 is 11.8 Å². The molecule has 8 heteroatoms. The minimum atomic E-state index is -0.0516. The molecular weight excluding hydrogens is 360 g/mol. The van der Waals surface area contributed by atoms with Crippen molar-refractivity contribution in [3.63, 3.8) is 0 Å². The highest BCUT2D eigenvalue weighted by atomic mass is 32.2. The molecule has 0 spiro atoms. The second kappa shape index (κ2) is 7.32. The molecule has 27 heavy (non-hydrogen) atoms. The third kappa shape index (κ3) is 3.61. The van der Waals surface area contributed by atoms with E-state index < -0.39 is 0 Å². The van der Waals surface area contributed by atoms with Gasteiger partial charge in [0, 0.05) is 30.6 Å². The standard InChI is InChI=1S/C19H18N6OS/c1-12-5-4-6-15(11-12)18-23-22-17(26-18)13(2)27-19-24-21-16(25(19)3)14-7-9-20-10-8-14/h4-11,13H,1-3H3. The predicted octanol–water partition coefficient (Wildman–Crippen LogP) is 4.09. The van der Waals surface area contributed by atoms with Crippen LogP contribution in [0, 0.1) is 6.92 Å². The maximum atomic E-state index is 5.88. The van der Waals surface area contributed by atoms with E-state index in [1.807, 2.05) is 61.9 Å². The Labute approximate surface area is 160 Å². The number of nitrogens with zero attached hydrogens (tertiary/aromatic N) is 6. The summed E-state index contributed by atoms with van der Waals surface area (Å²) in [6, 6.07) is 11.8. The number of pyridine rings is 1. The van der Waals surface area contributed by atoms with Gasteiger partial charge in [-0.05, 0) is 38.1 Å². The normalized spacial score (nSPS) is 12.3. The number of hydrogen-bond donors (Lipinski definition) is 0. The van der Waals surface area contributed by atoms with Gasteiger partial charge in [0.25, 0.3) is 0 Å². The van der Waals surface area contributed by atoms with Crippen molar-refractivity contribution < 1.29 is 4.42 Å². The van der Waals surface area contributed by atoms with Gasteiger partial charge in [0.1, 0.15) is 0 Å². The van der Waals surface area contributed by atoms with Crippen molar-refractivity contribution in [3.05, 3.63) is 60.2 Å². The number of rotatable bonds is 5. The minimum absolute atomic E-state index is 0.0516. The molecule has 0 aliphatic carbocycles. The van der Waals surface area contributed by atoms with Crippen LogP contribution in [0.25, 0.3) is 22.8 Å². The molecule has 0 saturated carbocycles. The average Bonchev–Trinajstić information content (AvgIpc) is 3.31. The molecular formula is C19H18N6OS. The molecule has 4 aromatic rings. The summed E-state index contributed by atoms with van der Waals surface area (Å²) in [6.07, 6.45) is 3.48. The van der Waals surface area contributed by atoms with Crippen LogP contribution in [-0.2, 0) is 7.05 Å². The van der Waals surface area contributed by atoms with Gasteiger partial charge in [-0.25, -0.2) is 0 Å². The molecule has 0 amide bonds. The van der Waals surface area contributed by atoms with Crippen LogP contribution in [0.15, 0.2) is 58.4 Å². The van der Waals surface area contributed by atoms with Crippen LogP contribution < -0.4 is 0 Å². The monoisotopic (exact) mass is 378 g/mol. The van der Waals surface area contributed by atoms with Crippen molar-refractivity contribution in [2.24, 2.45) is 7.05 Å². The Kier molecular flexibility index (Phi) is 4.72. The summed E-state index contributed by atoms with van der Waals surface area (Å²) in [5.41, 5.74) is 3.04. The van der Waals surface area contributed by atoms with Gasteiger partial charge in [0.05, 0.1) is 5.25 Å². The van der Waals surface area contributed by atoms with Gasteiger partial charge in [0.15, 0.2) is 11.0 Å². The molecule has 0 N–H and O–H groups in total. The van der Waals surface area contributed by atoms with E-state index in [1.165, 1.54) is 11.8 Å². The highest BCUT2D eigenvalue weighted by Gasteiger charge is 2.20. The van der Waals surface area contributed by atoms with Crippen molar-refractivity contribution in [1.82, 2.24) is 29.9 Å². The van der Waals surface area contributed by atoms with E-state index in [2.05, 4.69) is 25.4 Å². The highest BCUT2D eigenvalue weighted by Crippen LogP contribution is 2.35. The molecule has 1 unspecified atom stereocenters. The van der Waals surface area contributed by atoms with Crippen LogP contribution in [0.5, 0.6) is 0 Å². The van der Waals surface area contributed by atoms with E-state index in [-0.39, 0.29) is 5.25 Å². The number of aromatic nitrogens is 6. The Balaban J connectivity index is 1.53. The summed E-state index contributed by atoms with van der Waals surface area (Å²) in [7, 11) is 1.94. The first-order valence-electron chi connectivity index (χ1n) is 8.48. The van der Waals surface area contributed by atoms with E-state index in [0.29, 0.717) is 11.8 Å². The van der Waals surface area contributed by atoms with Gasteiger partial charge in [-0.1, -0.05) is 29.5 Å². The van der Waals surface area contributed by atoms with Crippen LogP contribution in [0.4, 0.5) is 0 Å². The largest absolute Gasteiger partial charge is 0.419 e. The summed E-state index contributed by atoms with van der Waals surface area (Å²) in [5.74, 6) is 1.87. The topological polar surface area (TPSA) is 82.5 Å². The summed E-state index contributed by atoms with van der Waals surface area (Å²) >= 11 is 1.53. The third-order valence-corrected chi connectivity index (χ3v) is 5.23. The zero-order valence-corrected chi connectivity index (χ0v) is 16.0. The fraction of sp³-hybridized carbons (Fsp3) is 0.211. The molecule has 3 heterocycles. The molecule has 136 valence electrons. The van der Waals surface area contributed by atoms with Crippen molar-refractivity contribution in [3.8, 4) is 22.8 Å². The molecule has 0 saturated heterocycles. The zero-order valence-electron chi connectivity index (χ0n) is 15.2. The average molecular weight is 378 g/mol. The van der Waals surface area contributed by atoms with Gasteiger partial charge < -0.3 is 8.98 Å². The highest BCUT2D eigenvalue weighted by molar-refractivity contribution is 7.99. The van der Waals surface area contributed by atoms with Gasteiger partial charge in [-0.3, -0.25) is 4.98 Å². The number of benzene rings is 1. The van der Waals surface area contributed by atoms with Crippen LogP contribution in [0.3, 0.4) is 0 Å². The maximum absolute atomic E-state index is 5.88. The Bertz CT molecular complexity index is 1060. The van der Waals surface area contributed by atoms with E-state index >= 15 is 0 Å². The minimum Gasteiger partial charge on any atom is -0.419 e. The fourth-order valence-electron chi connectivity index (χ4n) is 2.67. The Hall–Kier alpha value is -3.00. The molecule has 0 bridgehead atoms. The maximum Gasteiger partial charge on any atom is 0.247 e. The molecule has 4 rings (SSSR count). The first-order chi connectivity index (χ1) is 13.1. The SMILES string of the molecule is Cc1cccc(-c2nnc(C(C)Sc3nnc(-c4ccncc4)n3C)o2)c1. The third-order valence-electron chi connectivity index (χ3n) is 4.11. The van der Waals surface area contributed by atoms with Crippen molar-refractivity contribution in [2.75, 3.05) is 0 Å². The summed E-state index contributed by atoms with van der Waals surface area (Å²) in [6.45, 7) is 4.05. The van der Waals surface area contributed by atoms with Gasteiger partial charge in [-0.15, -0.1) is 20.4 Å². The van der Waals surface area contributed by atoms with Gasteiger partial charge in [0.2, 0.25) is 11.8 Å². The lowest BCUT2D eigenvalue weighted by Gasteiger charge is -2.07. The van der Waals surface area contributed by atoms with Crippen LogP contribution in [0.2, 0.25) is 0 Å². The summed E-state index contributed by atoms with van der Waals surface area (Å²) < 4.78 is 7.83. The van der Waals surface area contributed by atoms with E-state index in [0.717, 1.165) is 27.7 Å². The lowest BCUT2D eigenvalue weighted by Crippen LogP contribution is -1.97. The summed E-state index contributed by atoms with van der Waals surface area (Å²) in [4.78, 5) is 4.04. The number of hydrogen-bond acceptors (Lipinski definition) is 7. The van der Waals surface area contributed by atoms with Crippen molar-refractivity contribution in [1.29, 1.82) is 0 Å². The molecule has 1 atom stereocenters. The van der Waals surface area contributed by atoms with Crippen molar-refractivity contribution in [2.45, 2.75) is 24.3 Å². The molecule has 0 fully saturated rings. The Morgan fingerprint density at radius 1 is 1.00 bits per heavy atom. The first kappa shape index (κ1) is 17.4. The fourth-order valence-corrected chi connectivity index (χ4v) is 3.52. The molecule has 7 nitrogen and oxygen atoms in total. The van der Waals surface area contributed by atoms with E-state index in [9.17, 15) is 0 Å². The Morgan fingerprint density at radius 2 is 1.81 bits per heavy atom. The molecule has 0 aliphatic heterocycles. The van der Waals surface area contributed by atoms with Crippen LogP contribution in [0.1, 0.15) is 23.6 Å². The van der Waals surface area contributed by atoms with E-state index in [4.69, 9.17) is 4.42 Å². The van der Waals surface area contributed by atoms with Gasteiger partial charge >= 0.3 is 0 Å². The molecule has 1 aromatic carbocycles. The first-order valence-corrected chi connectivity index (χ1v) is 9.36. The second-order valence-corrected chi connectivity index (χ2v) is 7.48. The van der Waals surface area contributed by atoms with Gasteiger partial charge in [-0.2, -0.15) is 0 Å². The van der Waals surface area contributed by atoms with E-state index in [1.54, 1.807) is 12.4 Å². The molecule has 3 aromatic heterocycles. The van der Waals surface area contributed by atoms with Crippen molar-refractivity contribution >= 4 is 11.8 Å². The quantitative estimate of drug-likeness (QED) is 0.484. The number of thioether (sulfide) groups is 1. The second-order valence-electron chi connectivity index (χ2n) is 6.18. The molecule has 0 aliphatic rings. The zero-order chi connectivity index (χ0) is 18.8. The lowest BCUT2D eigenvalue weighted by atomic mass is 10.1. The molecule has 0 radical (unpaired) electrons. The predicted molar refractivity (Wildman–Crippen MR) is 103 cm³/mol. The Morgan fingerprint density at radius 3 is 2.59 bits per heavy atom.